The third-order valence-corrected chi connectivity index (χ3v) is 2.90. The number of benzene rings is 1. The van der Waals surface area contributed by atoms with Crippen molar-refractivity contribution in [3.8, 4) is 5.75 Å². The number of alkyl halides is 3. The summed E-state index contributed by atoms with van der Waals surface area (Å²) in [5, 5.41) is 9.41. The molecule has 0 aliphatic heterocycles. The normalized spacial score (nSPS) is 11.8. The van der Waals surface area contributed by atoms with Crippen LogP contribution in [0, 0.1) is 0 Å². The molecule has 0 aliphatic rings. The maximum absolute atomic E-state index is 11.7. The van der Waals surface area contributed by atoms with Gasteiger partial charge in [-0.25, -0.2) is 0 Å². The second kappa shape index (κ2) is 6.03. The van der Waals surface area contributed by atoms with Crippen LogP contribution in [0.25, 0.3) is 0 Å². The van der Waals surface area contributed by atoms with E-state index < -0.39 is 12.8 Å². The van der Waals surface area contributed by atoms with E-state index in [0.29, 0.717) is 14.5 Å². The first kappa shape index (κ1) is 14.7. The number of phenolic OH excluding ortho intramolecular Hbond substituents is 1. The van der Waals surface area contributed by atoms with Gasteiger partial charge in [0.1, 0.15) is 5.75 Å². The molecule has 0 aliphatic carbocycles. The molecule has 1 aromatic carbocycles. The van der Waals surface area contributed by atoms with E-state index in [0.717, 1.165) is 0 Å². The van der Waals surface area contributed by atoms with Crippen molar-refractivity contribution in [2.45, 2.75) is 12.7 Å². The highest BCUT2D eigenvalue weighted by atomic mass is 79.9. The monoisotopic (exact) mass is 377 g/mol. The van der Waals surface area contributed by atoms with E-state index in [9.17, 15) is 18.3 Å². The summed E-state index contributed by atoms with van der Waals surface area (Å²) in [6, 6.07) is 3.15. The predicted octanol–water partition coefficient (Wildman–Crippen LogP) is 3.50. The van der Waals surface area contributed by atoms with Crippen LogP contribution in [-0.4, -0.2) is 17.9 Å². The highest BCUT2D eigenvalue weighted by Crippen LogP contribution is 2.33. The fourth-order valence-corrected chi connectivity index (χ4v) is 2.27. The van der Waals surface area contributed by atoms with Gasteiger partial charge in [-0.15, -0.1) is 0 Å². The maximum atomic E-state index is 11.7. The number of rotatable bonds is 4. The maximum Gasteiger partial charge on any atom is 0.413 e. The summed E-state index contributed by atoms with van der Waals surface area (Å²) in [6.07, 6.45) is -4.36. The number of hydrogen-bond acceptors (Lipinski definition) is 3. The summed E-state index contributed by atoms with van der Waals surface area (Å²) in [5.41, 5.74) is 2.85. The Morgan fingerprint density at radius 3 is 2.24 bits per heavy atom. The van der Waals surface area contributed by atoms with Crippen molar-refractivity contribution >= 4 is 31.9 Å². The molecule has 0 amide bonds. The van der Waals surface area contributed by atoms with Gasteiger partial charge in [0, 0.05) is 6.54 Å². The fourth-order valence-electron chi connectivity index (χ4n) is 0.987. The van der Waals surface area contributed by atoms with Crippen LogP contribution in [0.15, 0.2) is 21.1 Å². The molecule has 3 nitrogen and oxygen atoms in total. The molecule has 0 atom stereocenters. The minimum atomic E-state index is -4.36. The molecule has 17 heavy (non-hydrogen) atoms. The molecule has 2 N–H and O–H groups in total. The lowest BCUT2D eigenvalue weighted by atomic mass is 10.2. The second-order valence-corrected chi connectivity index (χ2v) is 4.84. The Morgan fingerprint density at radius 2 is 1.76 bits per heavy atom. The first-order chi connectivity index (χ1) is 7.79. The Bertz CT molecular complexity index is 375. The molecular formula is C9H8Br2F3NO2. The number of aromatic hydroxyl groups is 1. The van der Waals surface area contributed by atoms with Gasteiger partial charge in [-0.05, 0) is 49.6 Å². The number of halogens is 5. The van der Waals surface area contributed by atoms with Crippen LogP contribution in [0.2, 0.25) is 0 Å². The topological polar surface area (TPSA) is 41.5 Å². The summed E-state index contributed by atoms with van der Waals surface area (Å²) in [4.78, 5) is 4.24. The molecular weight excluding hydrogens is 371 g/mol. The zero-order valence-electron chi connectivity index (χ0n) is 8.31. The van der Waals surface area contributed by atoms with Crippen LogP contribution in [0.5, 0.6) is 5.75 Å². The van der Waals surface area contributed by atoms with Crippen molar-refractivity contribution in [2.75, 3.05) is 6.61 Å². The molecule has 0 fully saturated rings. The average Bonchev–Trinajstić information content (AvgIpc) is 2.19. The van der Waals surface area contributed by atoms with Crippen LogP contribution in [0.3, 0.4) is 0 Å². The number of hydroxylamine groups is 1. The smallest absolute Gasteiger partial charge is 0.413 e. The Hall–Kier alpha value is -0.310. The quantitative estimate of drug-likeness (QED) is 0.622. The first-order valence-corrected chi connectivity index (χ1v) is 5.96. The van der Waals surface area contributed by atoms with Gasteiger partial charge >= 0.3 is 6.18 Å². The molecule has 0 saturated heterocycles. The molecule has 0 unspecified atom stereocenters. The lowest BCUT2D eigenvalue weighted by molar-refractivity contribution is -0.190. The number of nitrogens with one attached hydrogen (secondary N) is 1. The highest BCUT2D eigenvalue weighted by Gasteiger charge is 2.27. The molecule has 1 aromatic rings. The molecule has 0 saturated carbocycles. The third-order valence-electron chi connectivity index (χ3n) is 1.69. The van der Waals surface area contributed by atoms with Gasteiger partial charge in [0.15, 0.2) is 6.61 Å². The Balaban J connectivity index is 2.48. The van der Waals surface area contributed by atoms with E-state index in [1.165, 1.54) is 0 Å². The zero-order valence-corrected chi connectivity index (χ0v) is 11.5. The molecule has 0 heterocycles. The average molecular weight is 379 g/mol. The van der Waals surface area contributed by atoms with E-state index in [1.807, 2.05) is 0 Å². The summed E-state index contributed by atoms with van der Waals surface area (Å²) in [6.45, 7) is -1.26. The summed E-state index contributed by atoms with van der Waals surface area (Å²) in [5.74, 6) is 0.0324. The van der Waals surface area contributed by atoms with Crippen LogP contribution < -0.4 is 5.48 Å². The second-order valence-electron chi connectivity index (χ2n) is 3.13. The van der Waals surface area contributed by atoms with E-state index in [2.05, 4.69) is 42.2 Å². The highest BCUT2D eigenvalue weighted by molar-refractivity contribution is 9.11. The molecule has 0 spiro atoms. The lowest BCUT2D eigenvalue weighted by Gasteiger charge is -2.09. The minimum Gasteiger partial charge on any atom is -0.506 e. The number of phenols is 1. The van der Waals surface area contributed by atoms with Gasteiger partial charge in [-0.1, -0.05) is 0 Å². The fraction of sp³-hybridized carbons (Fsp3) is 0.333. The van der Waals surface area contributed by atoms with Crippen molar-refractivity contribution in [1.82, 2.24) is 5.48 Å². The van der Waals surface area contributed by atoms with Gasteiger partial charge < -0.3 is 5.11 Å². The van der Waals surface area contributed by atoms with Gasteiger partial charge in [0.25, 0.3) is 0 Å². The van der Waals surface area contributed by atoms with E-state index in [1.54, 1.807) is 12.1 Å². The van der Waals surface area contributed by atoms with Crippen LogP contribution in [-0.2, 0) is 11.4 Å². The summed E-state index contributed by atoms with van der Waals surface area (Å²) in [7, 11) is 0. The van der Waals surface area contributed by atoms with Crippen molar-refractivity contribution in [3.63, 3.8) is 0 Å². The Morgan fingerprint density at radius 1 is 1.24 bits per heavy atom. The van der Waals surface area contributed by atoms with Gasteiger partial charge in [-0.3, -0.25) is 4.84 Å². The lowest BCUT2D eigenvalue weighted by Crippen LogP contribution is -2.24. The van der Waals surface area contributed by atoms with Crippen molar-refractivity contribution < 1.29 is 23.1 Å². The van der Waals surface area contributed by atoms with Crippen molar-refractivity contribution in [1.29, 1.82) is 0 Å². The van der Waals surface area contributed by atoms with Crippen molar-refractivity contribution in [3.05, 3.63) is 26.6 Å². The summed E-state index contributed by atoms with van der Waals surface area (Å²) >= 11 is 6.22. The molecule has 1 rings (SSSR count). The van der Waals surface area contributed by atoms with Crippen LogP contribution in [0.1, 0.15) is 5.56 Å². The third kappa shape index (κ3) is 5.24. The molecule has 0 aromatic heterocycles. The van der Waals surface area contributed by atoms with Crippen molar-refractivity contribution in [2.24, 2.45) is 0 Å². The molecule has 0 bridgehead atoms. The minimum absolute atomic E-state index is 0.0324. The largest absolute Gasteiger partial charge is 0.506 e. The first-order valence-electron chi connectivity index (χ1n) is 4.38. The van der Waals surface area contributed by atoms with E-state index in [4.69, 9.17) is 0 Å². The Kier molecular flexibility index (Phi) is 5.23. The van der Waals surface area contributed by atoms with Gasteiger partial charge in [0.2, 0.25) is 0 Å². The Labute approximate surface area is 112 Å². The van der Waals surface area contributed by atoms with Crippen LogP contribution >= 0.6 is 31.9 Å². The molecule has 0 radical (unpaired) electrons. The molecule has 96 valence electrons. The number of hydrogen-bond donors (Lipinski definition) is 2. The summed E-state index contributed by atoms with van der Waals surface area (Å²) < 4.78 is 36.1. The van der Waals surface area contributed by atoms with E-state index >= 15 is 0 Å². The van der Waals surface area contributed by atoms with Gasteiger partial charge in [0.05, 0.1) is 8.95 Å². The zero-order chi connectivity index (χ0) is 13.1. The van der Waals surface area contributed by atoms with Crippen LogP contribution in [0.4, 0.5) is 13.2 Å². The van der Waals surface area contributed by atoms with E-state index in [-0.39, 0.29) is 12.3 Å². The molecule has 8 heteroatoms. The van der Waals surface area contributed by atoms with Gasteiger partial charge in [-0.2, -0.15) is 18.7 Å². The predicted molar refractivity (Wildman–Crippen MR) is 62.4 cm³/mol. The standard InChI is InChI=1S/C9H8Br2F3NO2/c10-6-1-5(2-7(11)8(6)16)3-15-17-4-9(12,13)14/h1-2,15-16H,3-4H2. The SMILES string of the molecule is Oc1c(Br)cc(CNOCC(F)(F)F)cc1Br.